The van der Waals surface area contributed by atoms with Gasteiger partial charge < -0.3 is 14.0 Å². The maximum atomic E-state index is 13.1. The minimum Gasteiger partial charge on any atom is -0.497 e. The van der Waals surface area contributed by atoms with Crippen molar-refractivity contribution < 1.29 is 18.8 Å². The van der Waals surface area contributed by atoms with Gasteiger partial charge in [0.2, 0.25) is 0 Å². The number of aromatic nitrogens is 2. The Morgan fingerprint density at radius 2 is 2.06 bits per heavy atom. The van der Waals surface area contributed by atoms with E-state index < -0.39 is 5.41 Å². The van der Waals surface area contributed by atoms with Gasteiger partial charge in [-0.2, -0.15) is 0 Å². The molecular formula is C25H29N3O4. The number of likely N-dealkylation sites (tertiary alicyclic amines) is 1. The van der Waals surface area contributed by atoms with E-state index in [1.165, 1.54) is 0 Å². The normalized spacial score (nSPS) is 18.9. The fourth-order valence-electron chi connectivity index (χ4n) is 4.38. The Labute approximate surface area is 188 Å². The number of esters is 1. The molecule has 1 aromatic carbocycles. The van der Waals surface area contributed by atoms with Crippen molar-refractivity contribution in [2.75, 3.05) is 26.8 Å². The van der Waals surface area contributed by atoms with Gasteiger partial charge in [-0.25, -0.2) is 0 Å². The molecular weight excluding hydrogens is 406 g/mol. The molecule has 1 unspecified atom stereocenters. The highest BCUT2D eigenvalue weighted by molar-refractivity contribution is 5.77. The highest BCUT2D eigenvalue weighted by Crippen LogP contribution is 2.36. The van der Waals surface area contributed by atoms with E-state index in [-0.39, 0.29) is 5.97 Å². The van der Waals surface area contributed by atoms with Gasteiger partial charge in [-0.1, -0.05) is 11.2 Å². The number of methoxy groups -OCH3 is 1. The lowest BCUT2D eigenvalue weighted by Gasteiger charge is -2.40. The zero-order chi connectivity index (χ0) is 22.4. The average Bonchev–Trinajstić information content (AvgIpc) is 3.28. The van der Waals surface area contributed by atoms with Gasteiger partial charge in [0.15, 0.2) is 0 Å². The molecule has 0 radical (unpaired) electrons. The monoisotopic (exact) mass is 435 g/mol. The first-order valence-corrected chi connectivity index (χ1v) is 11.0. The van der Waals surface area contributed by atoms with E-state index in [0.29, 0.717) is 31.9 Å². The summed E-state index contributed by atoms with van der Waals surface area (Å²) < 4.78 is 16.4. The number of hydrogen-bond acceptors (Lipinski definition) is 7. The Bertz CT molecular complexity index is 1020. The van der Waals surface area contributed by atoms with Gasteiger partial charge >= 0.3 is 5.97 Å². The lowest BCUT2D eigenvalue weighted by molar-refractivity contribution is -0.159. The molecule has 0 bridgehead atoms. The lowest BCUT2D eigenvalue weighted by Crippen LogP contribution is -2.49. The summed E-state index contributed by atoms with van der Waals surface area (Å²) in [7, 11) is 1.64. The first kappa shape index (κ1) is 22.0. The van der Waals surface area contributed by atoms with Gasteiger partial charge in [-0.15, -0.1) is 0 Å². The average molecular weight is 436 g/mol. The fourth-order valence-corrected chi connectivity index (χ4v) is 4.38. The third-order valence-electron chi connectivity index (χ3n) is 5.93. The minimum absolute atomic E-state index is 0.173. The van der Waals surface area contributed by atoms with Gasteiger partial charge in [0, 0.05) is 37.3 Å². The first-order chi connectivity index (χ1) is 15.6. The highest BCUT2D eigenvalue weighted by atomic mass is 16.5. The maximum Gasteiger partial charge on any atom is 0.313 e. The first-order valence-electron chi connectivity index (χ1n) is 11.0. The summed E-state index contributed by atoms with van der Waals surface area (Å²) in [5.41, 5.74) is 2.00. The smallest absolute Gasteiger partial charge is 0.313 e. The topological polar surface area (TPSA) is 77.7 Å². The molecule has 0 aliphatic carbocycles. The van der Waals surface area contributed by atoms with Crippen LogP contribution in [0.3, 0.4) is 0 Å². The van der Waals surface area contributed by atoms with Crippen LogP contribution in [0.25, 0.3) is 11.3 Å². The largest absolute Gasteiger partial charge is 0.497 e. The Hall–Kier alpha value is -3.19. The number of carbonyl (C=O) groups is 1. The van der Waals surface area contributed by atoms with Crippen LogP contribution < -0.4 is 4.74 Å². The second-order valence-electron chi connectivity index (χ2n) is 8.22. The summed E-state index contributed by atoms with van der Waals surface area (Å²) in [6.07, 6.45) is 3.91. The zero-order valence-electron chi connectivity index (χ0n) is 18.6. The molecule has 3 heterocycles. The molecule has 0 amide bonds. The number of pyridine rings is 1. The second kappa shape index (κ2) is 9.96. The number of nitrogens with zero attached hydrogens (tertiary/aromatic N) is 3. The number of benzene rings is 1. The second-order valence-corrected chi connectivity index (χ2v) is 8.22. The van der Waals surface area contributed by atoms with Gasteiger partial charge in [0.05, 0.1) is 24.8 Å². The van der Waals surface area contributed by atoms with E-state index in [9.17, 15) is 4.79 Å². The highest BCUT2D eigenvalue weighted by Gasteiger charge is 2.44. The van der Waals surface area contributed by atoms with Crippen LogP contribution in [0.5, 0.6) is 5.75 Å². The number of hydrogen-bond donors (Lipinski definition) is 0. The number of ether oxygens (including phenoxy) is 2. The number of carbonyl (C=O) groups excluding carboxylic acids is 1. The summed E-state index contributed by atoms with van der Waals surface area (Å²) in [5.74, 6) is 1.30. The molecule has 1 aliphatic rings. The van der Waals surface area contributed by atoms with E-state index in [4.69, 9.17) is 14.0 Å². The molecule has 1 saturated heterocycles. The molecule has 0 N–H and O–H groups in total. The third kappa shape index (κ3) is 4.99. The minimum atomic E-state index is -0.667. The van der Waals surface area contributed by atoms with Crippen molar-refractivity contribution in [3.63, 3.8) is 0 Å². The molecule has 1 aliphatic heterocycles. The van der Waals surface area contributed by atoms with Gasteiger partial charge in [-0.3, -0.25) is 14.7 Å². The van der Waals surface area contributed by atoms with E-state index >= 15 is 0 Å². The molecule has 32 heavy (non-hydrogen) atoms. The van der Waals surface area contributed by atoms with Crippen molar-refractivity contribution in [2.24, 2.45) is 5.41 Å². The van der Waals surface area contributed by atoms with Crippen LogP contribution in [-0.4, -0.2) is 47.8 Å². The molecule has 4 rings (SSSR count). The third-order valence-corrected chi connectivity index (χ3v) is 5.93. The number of rotatable bonds is 8. The molecule has 7 nitrogen and oxygen atoms in total. The van der Waals surface area contributed by atoms with E-state index in [2.05, 4.69) is 15.0 Å². The number of piperidine rings is 1. The summed E-state index contributed by atoms with van der Waals surface area (Å²) in [5, 5.41) is 4.24. The van der Waals surface area contributed by atoms with Crippen molar-refractivity contribution in [1.29, 1.82) is 0 Å². The van der Waals surface area contributed by atoms with Crippen molar-refractivity contribution in [1.82, 2.24) is 15.0 Å². The molecule has 1 atom stereocenters. The summed E-state index contributed by atoms with van der Waals surface area (Å²) >= 11 is 0. The van der Waals surface area contributed by atoms with Crippen LogP contribution in [0.2, 0.25) is 0 Å². The van der Waals surface area contributed by atoms with Crippen molar-refractivity contribution in [3.8, 4) is 17.0 Å². The predicted octanol–water partition coefficient (Wildman–Crippen LogP) is 4.13. The van der Waals surface area contributed by atoms with E-state index in [1.54, 1.807) is 13.3 Å². The van der Waals surface area contributed by atoms with Gasteiger partial charge in [-0.05, 0) is 62.7 Å². The Kier molecular flexibility index (Phi) is 6.85. The molecule has 168 valence electrons. The standard InChI is InChI=1S/C25H29N3O4/c1-3-31-24(29)25(12-6-14-28(18-25)17-20-7-4-5-13-26-20)16-22-15-23(27-32-22)19-8-10-21(30-2)11-9-19/h4-5,7-11,13,15H,3,6,12,14,16-18H2,1-2H3. The van der Waals surface area contributed by atoms with Crippen molar-refractivity contribution >= 4 is 5.97 Å². The molecule has 3 aromatic rings. The molecule has 7 heteroatoms. The van der Waals surface area contributed by atoms with Crippen molar-refractivity contribution in [3.05, 3.63) is 66.2 Å². The summed E-state index contributed by atoms with van der Waals surface area (Å²) in [4.78, 5) is 19.9. The SMILES string of the molecule is CCOC(=O)C1(Cc2cc(-c3ccc(OC)cc3)no2)CCCN(Cc2ccccn2)C1. The van der Waals surface area contributed by atoms with Crippen LogP contribution in [0.4, 0.5) is 0 Å². The van der Waals surface area contributed by atoms with Crippen LogP contribution in [0.15, 0.2) is 59.3 Å². The van der Waals surface area contributed by atoms with Gasteiger partial charge in [0.25, 0.3) is 0 Å². The quantitative estimate of drug-likeness (QED) is 0.492. The molecule has 0 saturated carbocycles. The van der Waals surface area contributed by atoms with Crippen molar-refractivity contribution in [2.45, 2.75) is 32.7 Å². The Morgan fingerprint density at radius 3 is 2.78 bits per heavy atom. The van der Waals surface area contributed by atoms with Gasteiger partial charge in [0.1, 0.15) is 17.2 Å². The van der Waals surface area contributed by atoms with Crippen LogP contribution in [0.1, 0.15) is 31.2 Å². The summed E-state index contributed by atoms with van der Waals surface area (Å²) in [6.45, 7) is 4.42. The zero-order valence-corrected chi connectivity index (χ0v) is 18.6. The Morgan fingerprint density at radius 1 is 1.22 bits per heavy atom. The fraction of sp³-hybridized carbons (Fsp3) is 0.400. The summed E-state index contributed by atoms with van der Waals surface area (Å²) in [6, 6.07) is 15.5. The molecule has 1 fully saturated rings. The van der Waals surface area contributed by atoms with Crippen LogP contribution in [-0.2, 0) is 22.5 Å². The van der Waals surface area contributed by atoms with Crippen LogP contribution >= 0.6 is 0 Å². The van der Waals surface area contributed by atoms with E-state index in [0.717, 1.165) is 42.1 Å². The molecule has 2 aromatic heterocycles. The van der Waals surface area contributed by atoms with E-state index in [1.807, 2.05) is 55.5 Å². The molecule has 0 spiro atoms. The van der Waals surface area contributed by atoms with Crippen LogP contribution in [0, 0.1) is 5.41 Å². The maximum absolute atomic E-state index is 13.1. The predicted molar refractivity (Wildman–Crippen MR) is 120 cm³/mol. The lowest BCUT2D eigenvalue weighted by atomic mass is 9.76. The Balaban J connectivity index is 1.54.